The molecule has 0 aliphatic rings. The molecule has 0 spiro atoms. The van der Waals surface area contributed by atoms with E-state index in [1.807, 2.05) is 14.0 Å². The van der Waals surface area contributed by atoms with Crippen LogP contribution in [-0.4, -0.2) is 30.0 Å². The fourth-order valence-electron chi connectivity index (χ4n) is 1.99. The van der Waals surface area contributed by atoms with Gasteiger partial charge in [-0.05, 0) is 35.5 Å². The Morgan fingerprint density at radius 2 is 2.10 bits per heavy atom. The van der Waals surface area contributed by atoms with E-state index in [9.17, 15) is 4.39 Å². The van der Waals surface area contributed by atoms with E-state index < -0.39 is 5.82 Å². The second kappa shape index (κ2) is 4.41. The lowest BCUT2D eigenvalue weighted by molar-refractivity contribution is 0.632. The van der Waals surface area contributed by atoms with Crippen LogP contribution in [-0.2, 0) is 7.05 Å². The highest BCUT2D eigenvalue weighted by Gasteiger charge is 2.15. The van der Waals surface area contributed by atoms with Gasteiger partial charge in [0.1, 0.15) is 11.5 Å². The molecule has 2 N–H and O–H groups in total. The van der Waals surface area contributed by atoms with Crippen molar-refractivity contribution in [2.24, 2.45) is 7.05 Å². The summed E-state index contributed by atoms with van der Waals surface area (Å²) in [6.45, 7) is 1.85. The molecule has 102 valence electrons. The van der Waals surface area contributed by atoms with Gasteiger partial charge in [-0.2, -0.15) is 9.78 Å². The number of nitrogens with two attached hydrogens (primary N) is 1. The van der Waals surface area contributed by atoms with Crippen molar-refractivity contribution < 1.29 is 4.39 Å². The van der Waals surface area contributed by atoms with Gasteiger partial charge in [0.15, 0.2) is 5.82 Å². The summed E-state index contributed by atoms with van der Waals surface area (Å²) in [5.74, 6) is -0.0695. The SMILES string of the molecule is Cc1nn(C)cc1-n1nnnc1-c1ccc(N)c(F)c1. The quantitative estimate of drug-likeness (QED) is 0.706. The number of halogens is 1. The van der Waals surface area contributed by atoms with Crippen LogP contribution in [0.3, 0.4) is 0 Å². The van der Waals surface area contributed by atoms with Gasteiger partial charge in [-0.1, -0.05) is 0 Å². The van der Waals surface area contributed by atoms with E-state index >= 15 is 0 Å². The number of hydrogen-bond acceptors (Lipinski definition) is 5. The number of rotatable bonds is 2. The Kier molecular flexibility index (Phi) is 2.70. The smallest absolute Gasteiger partial charge is 0.187 e. The van der Waals surface area contributed by atoms with Crippen molar-refractivity contribution in [1.82, 2.24) is 30.0 Å². The Morgan fingerprint density at radius 1 is 1.30 bits per heavy atom. The molecule has 0 unspecified atom stereocenters. The molecule has 8 heteroatoms. The highest BCUT2D eigenvalue weighted by molar-refractivity contribution is 5.61. The van der Waals surface area contributed by atoms with Gasteiger partial charge in [-0.15, -0.1) is 5.10 Å². The maximum absolute atomic E-state index is 13.6. The van der Waals surface area contributed by atoms with Crippen molar-refractivity contribution in [2.75, 3.05) is 5.73 Å². The van der Waals surface area contributed by atoms with E-state index in [0.717, 1.165) is 11.4 Å². The van der Waals surface area contributed by atoms with E-state index in [4.69, 9.17) is 5.73 Å². The monoisotopic (exact) mass is 273 g/mol. The van der Waals surface area contributed by atoms with Crippen LogP contribution in [0.5, 0.6) is 0 Å². The lowest BCUT2D eigenvalue weighted by atomic mass is 10.2. The topological polar surface area (TPSA) is 87.4 Å². The number of aryl methyl sites for hydroxylation is 2. The molecule has 3 rings (SSSR count). The summed E-state index contributed by atoms with van der Waals surface area (Å²) in [4.78, 5) is 0. The molecule has 0 amide bonds. The summed E-state index contributed by atoms with van der Waals surface area (Å²) in [5.41, 5.74) is 7.62. The van der Waals surface area contributed by atoms with Gasteiger partial charge in [0.05, 0.1) is 17.6 Å². The number of nitrogens with zero attached hydrogens (tertiary/aromatic N) is 6. The average Bonchev–Trinajstić information content (AvgIpc) is 2.99. The summed E-state index contributed by atoms with van der Waals surface area (Å²) >= 11 is 0. The molecule has 20 heavy (non-hydrogen) atoms. The standard InChI is InChI=1S/C12H12FN7/c1-7-11(6-19(2)16-7)20-12(15-17-18-20)8-3-4-10(14)9(13)5-8/h3-6H,14H2,1-2H3. The Bertz CT molecular complexity index is 774. The van der Waals surface area contributed by atoms with Crippen LogP contribution in [0.1, 0.15) is 5.69 Å². The fraction of sp³-hybridized carbons (Fsp3) is 0.167. The molecule has 7 nitrogen and oxygen atoms in total. The Morgan fingerprint density at radius 3 is 2.75 bits per heavy atom. The minimum atomic E-state index is -0.500. The lowest BCUT2D eigenvalue weighted by Crippen LogP contribution is -2.01. The first-order valence-corrected chi connectivity index (χ1v) is 5.90. The van der Waals surface area contributed by atoms with E-state index in [1.165, 1.54) is 16.8 Å². The molecular formula is C12H12FN7. The summed E-state index contributed by atoms with van der Waals surface area (Å²) in [7, 11) is 1.81. The fourth-order valence-corrected chi connectivity index (χ4v) is 1.99. The molecule has 2 heterocycles. The van der Waals surface area contributed by atoms with Gasteiger partial charge < -0.3 is 5.73 Å². The molecule has 3 aromatic rings. The minimum absolute atomic E-state index is 0.0883. The Hall–Kier alpha value is -2.77. The normalized spacial score (nSPS) is 10.9. The predicted octanol–water partition coefficient (Wildman–Crippen LogP) is 1.09. The highest BCUT2D eigenvalue weighted by Crippen LogP contribution is 2.23. The van der Waals surface area contributed by atoms with Crippen LogP contribution in [0.15, 0.2) is 24.4 Å². The van der Waals surface area contributed by atoms with Gasteiger partial charge >= 0.3 is 0 Å². The maximum atomic E-state index is 13.6. The van der Waals surface area contributed by atoms with E-state index in [-0.39, 0.29) is 5.69 Å². The van der Waals surface area contributed by atoms with Crippen molar-refractivity contribution in [1.29, 1.82) is 0 Å². The third-order valence-electron chi connectivity index (χ3n) is 2.94. The molecule has 0 bridgehead atoms. The van der Waals surface area contributed by atoms with Crippen LogP contribution in [0.4, 0.5) is 10.1 Å². The lowest BCUT2D eigenvalue weighted by Gasteiger charge is -2.04. The zero-order valence-electron chi connectivity index (χ0n) is 10.9. The number of anilines is 1. The number of hydrogen-bond donors (Lipinski definition) is 1. The molecule has 0 aliphatic heterocycles. The molecule has 0 atom stereocenters. The number of benzene rings is 1. The minimum Gasteiger partial charge on any atom is -0.396 e. The van der Waals surface area contributed by atoms with Gasteiger partial charge in [0.2, 0.25) is 0 Å². The van der Waals surface area contributed by atoms with Crippen molar-refractivity contribution in [3.8, 4) is 17.1 Å². The third-order valence-corrected chi connectivity index (χ3v) is 2.94. The van der Waals surface area contributed by atoms with Crippen molar-refractivity contribution in [3.05, 3.63) is 35.9 Å². The average molecular weight is 273 g/mol. The molecule has 0 radical (unpaired) electrons. The largest absolute Gasteiger partial charge is 0.396 e. The van der Waals surface area contributed by atoms with Gasteiger partial charge in [0, 0.05) is 12.6 Å². The Balaban J connectivity index is 2.15. The zero-order chi connectivity index (χ0) is 14.3. The number of aromatic nitrogens is 6. The van der Waals surface area contributed by atoms with Gasteiger partial charge in [0.25, 0.3) is 0 Å². The van der Waals surface area contributed by atoms with E-state index in [0.29, 0.717) is 11.4 Å². The summed E-state index contributed by atoms with van der Waals surface area (Å²) < 4.78 is 16.8. The van der Waals surface area contributed by atoms with Crippen LogP contribution in [0, 0.1) is 12.7 Å². The van der Waals surface area contributed by atoms with E-state index in [2.05, 4.69) is 20.6 Å². The van der Waals surface area contributed by atoms with Gasteiger partial charge in [-0.3, -0.25) is 4.68 Å². The first-order valence-electron chi connectivity index (χ1n) is 5.90. The van der Waals surface area contributed by atoms with Crippen LogP contribution in [0.2, 0.25) is 0 Å². The second-order valence-corrected chi connectivity index (χ2v) is 4.42. The van der Waals surface area contributed by atoms with Crippen LogP contribution >= 0.6 is 0 Å². The second-order valence-electron chi connectivity index (χ2n) is 4.42. The molecule has 0 saturated heterocycles. The zero-order valence-corrected chi connectivity index (χ0v) is 10.9. The van der Waals surface area contributed by atoms with Crippen LogP contribution < -0.4 is 5.73 Å². The van der Waals surface area contributed by atoms with Crippen molar-refractivity contribution in [3.63, 3.8) is 0 Å². The molecule has 2 aromatic heterocycles. The van der Waals surface area contributed by atoms with Crippen molar-refractivity contribution in [2.45, 2.75) is 6.92 Å². The molecule has 0 aliphatic carbocycles. The first kappa shape index (κ1) is 12.3. The molecule has 0 fully saturated rings. The maximum Gasteiger partial charge on any atom is 0.187 e. The summed E-state index contributed by atoms with van der Waals surface area (Å²) in [5, 5.41) is 15.8. The molecular weight excluding hydrogens is 261 g/mol. The number of tetrazole rings is 1. The van der Waals surface area contributed by atoms with Gasteiger partial charge in [-0.25, -0.2) is 4.39 Å². The molecule has 0 saturated carbocycles. The summed E-state index contributed by atoms with van der Waals surface area (Å²) in [6.07, 6.45) is 1.79. The predicted molar refractivity (Wildman–Crippen MR) is 70.5 cm³/mol. The summed E-state index contributed by atoms with van der Waals surface area (Å²) in [6, 6.07) is 4.47. The first-order chi connectivity index (χ1) is 9.56. The van der Waals surface area contributed by atoms with Crippen molar-refractivity contribution >= 4 is 5.69 Å². The van der Waals surface area contributed by atoms with Crippen LogP contribution in [0.25, 0.3) is 17.1 Å². The number of nitrogen functional groups attached to an aromatic ring is 1. The third kappa shape index (κ3) is 1.91. The van der Waals surface area contributed by atoms with E-state index in [1.54, 1.807) is 16.9 Å². The molecule has 1 aromatic carbocycles. The Labute approximate surface area is 113 Å². The highest BCUT2D eigenvalue weighted by atomic mass is 19.1.